The van der Waals surface area contributed by atoms with Gasteiger partial charge >= 0.3 is 0 Å². The Bertz CT molecular complexity index is 965. The Morgan fingerprint density at radius 3 is 2.70 bits per heavy atom. The predicted molar refractivity (Wildman–Crippen MR) is 111 cm³/mol. The van der Waals surface area contributed by atoms with Crippen molar-refractivity contribution in [3.63, 3.8) is 0 Å². The third-order valence-corrected chi connectivity index (χ3v) is 6.76. The van der Waals surface area contributed by atoms with Crippen molar-refractivity contribution in [3.8, 4) is 10.7 Å². The smallest absolute Gasteiger partial charge is 0.192 e. The van der Waals surface area contributed by atoms with Crippen molar-refractivity contribution in [2.45, 2.75) is 57.8 Å². The number of rotatable bonds is 7. The van der Waals surface area contributed by atoms with E-state index in [2.05, 4.69) is 51.5 Å². The molecule has 0 aliphatic heterocycles. The van der Waals surface area contributed by atoms with E-state index in [0.29, 0.717) is 17.8 Å². The topological polar surface area (TPSA) is 52.7 Å². The second-order valence-corrected chi connectivity index (χ2v) is 9.24. The van der Waals surface area contributed by atoms with E-state index in [-0.39, 0.29) is 5.78 Å². The Kier molecular flexibility index (Phi) is 4.99. The summed E-state index contributed by atoms with van der Waals surface area (Å²) in [6.07, 6.45) is 2.32. The predicted octanol–water partition coefficient (Wildman–Crippen LogP) is 5.32. The van der Waals surface area contributed by atoms with E-state index in [4.69, 9.17) is 0 Å². The summed E-state index contributed by atoms with van der Waals surface area (Å²) in [6, 6.07) is 6.95. The van der Waals surface area contributed by atoms with E-state index in [1.165, 1.54) is 11.8 Å². The molecule has 0 bridgehead atoms. The Balaban J connectivity index is 1.54. The van der Waals surface area contributed by atoms with Crippen LogP contribution in [0.2, 0.25) is 0 Å². The summed E-state index contributed by atoms with van der Waals surface area (Å²) in [5.41, 5.74) is 3.01. The van der Waals surface area contributed by atoms with Crippen molar-refractivity contribution in [1.29, 1.82) is 0 Å². The summed E-state index contributed by atoms with van der Waals surface area (Å²) in [5, 5.41) is 11.7. The number of thiophene rings is 1. The third kappa shape index (κ3) is 3.50. The number of thioether (sulfide) groups is 1. The van der Waals surface area contributed by atoms with E-state index in [1.54, 1.807) is 11.3 Å². The molecule has 0 radical (unpaired) electrons. The van der Waals surface area contributed by atoms with E-state index in [0.717, 1.165) is 45.7 Å². The minimum atomic E-state index is 0.156. The van der Waals surface area contributed by atoms with Crippen molar-refractivity contribution in [1.82, 2.24) is 19.3 Å². The number of carbonyl (C=O) groups excluding carboxylic acids is 1. The molecule has 0 N–H and O–H groups in total. The summed E-state index contributed by atoms with van der Waals surface area (Å²) >= 11 is 3.18. The van der Waals surface area contributed by atoms with Crippen molar-refractivity contribution in [2.75, 3.05) is 5.75 Å². The van der Waals surface area contributed by atoms with Gasteiger partial charge < -0.3 is 4.57 Å². The lowest BCUT2D eigenvalue weighted by Crippen LogP contribution is -2.09. The third-order valence-electron chi connectivity index (χ3n) is 4.95. The average Bonchev–Trinajstić information content (AvgIpc) is 3.05. The largest absolute Gasteiger partial charge is 0.346 e. The fourth-order valence-corrected chi connectivity index (χ4v) is 5.27. The molecule has 1 saturated carbocycles. The van der Waals surface area contributed by atoms with Crippen molar-refractivity contribution >= 4 is 28.9 Å². The van der Waals surface area contributed by atoms with Crippen LogP contribution in [-0.2, 0) is 0 Å². The van der Waals surface area contributed by atoms with Gasteiger partial charge in [0.2, 0.25) is 0 Å². The van der Waals surface area contributed by atoms with Crippen molar-refractivity contribution < 1.29 is 4.79 Å². The summed E-state index contributed by atoms with van der Waals surface area (Å²) < 4.78 is 4.45. The molecule has 3 heterocycles. The maximum absolute atomic E-state index is 12.9. The normalized spacial score (nSPS) is 14.3. The molecule has 27 heavy (non-hydrogen) atoms. The first-order valence-electron chi connectivity index (χ1n) is 9.30. The second kappa shape index (κ2) is 7.28. The highest BCUT2D eigenvalue weighted by Gasteiger charge is 2.30. The minimum absolute atomic E-state index is 0.156. The molecular weight excluding hydrogens is 376 g/mol. The van der Waals surface area contributed by atoms with Gasteiger partial charge in [-0.1, -0.05) is 17.8 Å². The Hall–Kier alpha value is -1.86. The van der Waals surface area contributed by atoms with Crippen LogP contribution in [0.25, 0.3) is 10.7 Å². The molecule has 1 aliphatic carbocycles. The summed E-state index contributed by atoms with van der Waals surface area (Å²) in [6.45, 7) is 8.39. The van der Waals surface area contributed by atoms with Gasteiger partial charge in [-0.05, 0) is 58.0 Å². The molecule has 4 rings (SSSR count). The van der Waals surface area contributed by atoms with E-state index in [9.17, 15) is 4.79 Å². The van der Waals surface area contributed by atoms with Gasteiger partial charge in [0, 0.05) is 29.0 Å². The Morgan fingerprint density at radius 1 is 1.33 bits per heavy atom. The van der Waals surface area contributed by atoms with Gasteiger partial charge in [0.25, 0.3) is 0 Å². The SMILES string of the molecule is Cc1cc(C(=O)CSc2nnc(-c3cccs3)n2C2CC2)c(C)n1C(C)C. The number of nitrogens with zero attached hydrogens (tertiary/aromatic N) is 4. The van der Waals surface area contributed by atoms with Crippen molar-refractivity contribution in [2.24, 2.45) is 0 Å². The summed E-state index contributed by atoms with van der Waals surface area (Å²) in [5.74, 6) is 1.47. The highest BCUT2D eigenvalue weighted by atomic mass is 32.2. The van der Waals surface area contributed by atoms with Crippen LogP contribution in [0.15, 0.2) is 28.7 Å². The lowest BCUT2D eigenvalue weighted by molar-refractivity contribution is 0.102. The Morgan fingerprint density at radius 2 is 2.11 bits per heavy atom. The molecule has 142 valence electrons. The van der Waals surface area contributed by atoms with Crippen LogP contribution in [-0.4, -0.2) is 30.9 Å². The first-order valence-corrected chi connectivity index (χ1v) is 11.2. The first-order chi connectivity index (χ1) is 13.0. The van der Waals surface area contributed by atoms with Gasteiger partial charge in [-0.3, -0.25) is 9.36 Å². The van der Waals surface area contributed by atoms with Crippen molar-refractivity contribution in [3.05, 3.63) is 40.5 Å². The average molecular weight is 401 g/mol. The van der Waals surface area contributed by atoms with Gasteiger partial charge in [-0.2, -0.15) is 0 Å². The summed E-state index contributed by atoms with van der Waals surface area (Å²) in [4.78, 5) is 14.0. The molecule has 0 unspecified atom stereocenters. The van der Waals surface area contributed by atoms with Gasteiger partial charge in [-0.25, -0.2) is 0 Å². The van der Waals surface area contributed by atoms with Gasteiger partial charge in [0.05, 0.1) is 10.6 Å². The number of hydrogen-bond acceptors (Lipinski definition) is 5. The Labute approximate surface area is 167 Å². The molecule has 0 atom stereocenters. The van der Waals surface area contributed by atoms with E-state index >= 15 is 0 Å². The fraction of sp³-hybridized carbons (Fsp3) is 0.450. The highest BCUT2D eigenvalue weighted by molar-refractivity contribution is 7.99. The highest BCUT2D eigenvalue weighted by Crippen LogP contribution is 2.41. The lowest BCUT2D eigenvalue weighted by atomic mass is 10.2. The van der Waals surface area contributed by atoms with Crippen LogP contribution in [0.3, 0.4) is 0 Å². The maximum atomic E-state index is 12.9. The van der Waals surface area contributed by atoms with Gasteiger partial charge in [0.15, 0.2) is 16.8 Å². The number of carbonyl (C=O) groups is 1. The number of ketones is 1. The molecule has 3 aromatic heterocycles. The van der Waals surface area contributed by atoms with Crippen LogP contribution >= 0.6 is 23.1 Å². The molecule has 5 nitrogen and oxygen atoms in total. The molecular formula is C20H24N4OS2. The monoisotopic (exact) mass is 400 g/mol. The lowest BCUT2D eigenvalue weighted by Gasteiger charge is -2.13. The zero-order valence-corrected chi connectivity index (χ0v) is 17.7. The van der Waals surface area contributed by atoms with E-state index < -0.39 is 0 Å². The molecule has 1 fully saturated rings. The minimum Gasteiger partial charge on any atom is -0.346 e. The molecule has 7 heteroatoms. The number of aromatic nitrogens is 4. The van der Waals surface area contributed by atoms with Crippen LogP contribution in [0, 0.1) is 13.8 Å². The first kappa shape index (κ1) is 18.5. The maximum Gasteiger partial charge on any atom is 0.192 e. The molecule has 0 saturated heterocycles. The van der Waals surface area contributed by atoms with Gasteiger partial charge in [-0.15, -0.1) is 21.5 Å². The van der Waals surface area contributed by atoms with Crippen LogP contribution in [0.4, 0.5) is 0 Å². The zero-order chi connectivity index (χ0) is 19.1. The van der Waals surface area contributed by atoms with Crippen LogP contribution in [0.5, 0.6) is 0 Å². The number of aryl methyl sites for hydroxylation is 1. The zero-order valence-electron chi connectivity index (χ0n) is 16.1. The summed E-state index contributed by atoms with van der Waals surface area (Å²) in [7, 11) is 0. The van der Waals surface area contributed by atoms with Crippen LogP contribution in [0.1, 0.15) is 60.5 Å². The molecule has 0 aromatic carbocycles. The van der Waals surface area contributed by atoms with Crippen LogP contribution < -0.4 is 0 Å². The van der Waals surface area contributed by atoms with Gasteiger partial charge in [0.1, 0.15) is 0 Å². The molecule has 0 amide bonds. The standard InChI is InChI=1S/C20H24N4OS2/c1-12(2)23-13(3)10-16(14(23)4)17(25)11-27-20-22-21-19(18-6-5-9-26-18)24(20)15-7-8-15/h5-6,9-10,12,15H,7-8,11H2,1-4H3. The molecule has 0 spiro atoms. The van der Waals surface area contributed by atoms with E-state index in [1.807, 2.05) is 19.1 Å². The number of hydrogen-bond donors (Lipinski definition) is 0. The molecule has 1 aliphatic rings. The molecule has 3 aromatic rings. The quantitative estimate of drug-likeness (QED) is 0.398. The second-order valence-electron chi connectivity index (χ2n) is 7.35. The fourth-order valence-electron chi connectivity index (χ4n) is 3.67. The number of Topliss-reactive ketones (excluding diaryl/α,β-unsaturated/α-hetero) is 1.